The van der Waals surface area contributed by atoms with Crippen LogP contribution in [-0.2, 0) is 20.9 Å². The van der Waals surface area contributed by atoms with E-state index in [2.05, 4.69) is 25.6 Å². The molecule has 2 heterocycles. The van der Waals surface area contributed by atoms with Crippen LogP contribution >= 0.6 is 11.6 Å². The van der Waals surface area contributed by atoms with Gasteiger partial charge in [-0.15, -0.1) is 0 Å². The van der Waals surface area contributed by atoms with Gasteiger partial charge in [0.15, 0.2) is 0 Å². The number of ether oxygens (including phenoxy) is 2. The van der Waals surface area contributed by atoms with Gasteiger partial charge in [-0.3, -0.25) is 9.78 Å². The first-order chi connectivity index (χ1) is 19.4. The van der Waals surface area contributed by atoms with Crippen LogP contribution in [0.5, 0.6) is 5.75 Å². The van der Waals surface area contributed by atoms with Crippen molar-refractivity contribution in [2.75, 3.05) is 37.9 Å². The van der Waals surface area contributed by atoms with E-state index in [1.807, 2.05) is 37.2 Å². The number of esters is 1. The highest BCUT2D eigenvalue weighted by molar-refractivity contribution is 6.32. The van der Waals surface area contributed by atoms with Gasteiger partial charge in [0, 0.05) is 53.4 Å². The minimum atomic E-state index is -0.570. The minimum absolute atomic E-state index is 0.287. The Morgan fingerprint density at radius 3 is 2.67 bits per heavy atom. The lowest BCUT2D eigenvalue weighted by atomic mass is 10.2. The Kier molecular flexibility index (Phi) is 9.98. The molecular weight excluding hydrogens is 532 g/mol. The molecular formula is C29H29ClN6O4. The van der Waals surface area contributed by atoms with Gasteiger partial charge in [-0.25, -0.2) is 14.8 Å². The van der Waals surface area contributed by atoms with Crippen LogP contribution < -0.4 is 15.4 Å². The molecule has 2 aromatic carbocycles. The van der Waals surface area contributed by atoms with E-state index in [1.54, 1.807) is 42.7 Å². The number of carbonyl (C=O) groups is 2. The van der Waals surface area contributed by atoms with E-state index in [-0.39, 0.29) is 6.61 Å². The Balaban J connectivity index is 1.39. The number of aromatic nitrogens is 3. The van der Waals surface area contributed by atoms with Crippen LogP contribution in [0.2, 0.25) is 5.02 Å². The van der Waals surface area contributed by atoms with E-state index in [0.29, 0.717) is 51.9 Å². The fourth-order valence-electron chi connectivity index (χ4n) is 3.64. The van der Waals surface area contributed by atoms with Gasteiger partial charge in [0.2, 0.25) is 5.91 Å². The number of amides is 1. The Morgan fingerprint density at radius 2 is 1.90 bits per heavy atom. The summed E-state index contributed by atoms with van der Waals surface area (Å²) in [6, 6.07) is 14.3. The van der Waals surface area contributed by atoms with Crippen molar-refractivity contribution >= 4 is 51.6 Å². The molecule has 0 bridgehead atoms. The average Bonchev–Trinajstić information content (AvgIpc) is 2.94. The summed E-state index contributed by atoms with van der Waals surface area (Å²) in [6.45, 7) is 1.44. The van der Waals surface area contributed by atoms with E-state index in [4.69, 9.17) is 21.1 Å². The molecule has 0 unspecified atom stereocenters. The Bertz CT molecular complexity index is 1500. The van der Waals surface area contributed by atoms with Crippen molar-refractivity contribution in [3.8, 4) is 5.75 Å². The van der Waals surface area contributed by atoms with Crippen LogP contribution in [0, 0.1) is 0 Å². The number of pyridine rings is 1. The number of halogens is 1. The van der Waals surface area contributed by atoms with Crippen LogP contribution in [-0.4, -0.2) is 59.0 Å². The highest BCUT2D eigenvalue weighted by Gasteiger charge is 2.10. The normalized spacial score (nSPS) is 11.1. The van der Waals surface area contributed by atoms with Crippen LogP contribution in [0.1, 0.15) is 12.0 Å². The molecule has 2 aromatic heterocycles. The molecule has 11 heteroatoms. The maximum Gasteiger partial charge on any atom is 0.330 e. The molecule has 4 rings (SSSR count). The summed E-state index contributed by atoms with van der Waals surface area (Å²) in [4.78, 5) is 39.0. The summed E-state index contributed by atoms with van der Waals surface area (Å²) in [5.41, 5.74) is 2.81. The number of rotatable bonds is 12. The van der Waals surface area contributed by atoms with E-state index in [0.717, 1.165) is 24.3 Å². The van der Waals surface area contributed by atoms with Gasteiger partial charge in [0.25, 0.3) is 0 Å². The molecule has 0 atom stereocenters. The number of nitrogens with zero attached hydrogens (tertiary/aromatic N) is 4. The molecule has 40 heavy (non-hydrogen) atoms. The molecule has 0 aliphatic heterocycles. The number of hydrogen-bond donors (Lipinski definition) is 2. The summed E-state index contributed by atoms with van der Waals surface area (Å²) >= 11 is 6.46. The first kappa shape index (κ1) is 28.5. The lowest BCUT2D eigenvalue weighted by molar-refractivity contribution is -0.138. The molecule has 1 amide bonds. The SMILES string of the molecule is CN(C)CCCOC(=O)C=CC(=O)Nc1ccc2ncnc(Nc3ccc(OCc4cccnc4)c(Cl)c3)c2c1. The van der Waals surface area contributed by atoms with Crippen molar-refractivity contribution in [2.24, 2.45) is 0 Å². The number of hydrogen-bond acceptors (Lipinski definition) is 9. The molecule has 10 nitrogen and oxygen atoms in total. The second-order valence-corrected chi connectivity index (χ2v) is 9.43. The zero-order chi connectivity index (χ0) is 28.3. The lowest BCUT2D eigenvalue weighted by Crippen LogP contribution is -2.16. The van der Waals surface area contributed by atoms with Gasteiger partial charge in [0.1, 0.15) is 24.5 Å². The second kappa shape index (κ2) is 14.0. The summed E-state index contributed by atoms with van der Waals surface area (Å²) in [7, 11) is 3.89. The predicted molar refractivity (Wildman–Crippen MR) is 155 cm³/mol. The number of nitrogens with one attached hydrogen (secondary N) is 2. The molecule has 206 valence electrons. The Labute approximate surface area is 237 Å². The maximum atomic E-state index is 12.4. The predicted octanol–water partition coefficient (Wildman–Crippen LogP) is 4.99. The smallest absolute Gasteiger partial charge is 0.330 e. The zero-order valence-electron chi connectivity index (χ0n) is 22.1. The summed E-state index contributed by atoms with van der Waals surface area (Å²) in [5.74, 6) is 0.0289. The molecule has 0 spiro atoms. The minimum Gasteiger partial charge on any atom is -0.487 e. The van der Waals surface area contributed by atoms with Crippen LogP contribution in [0.4, 0.5) is 17.2 Å². The third-order valence-electron chi connectivity index (χ3n) is 5.58. The monoisotopic (exact) mass is 560 g/mol. The summed E-state index contributed by atoms with van der Waals surface area (Å²) in [5, 5.41) is 7.10. The molecule has 4 aromatic rings. The molecule has 0 radical (unpaired) electrons. The first-order valence-electron chi connectivity index (χ1n) is 12.5. The number of fused-ring (bicyclic) bond motifs is 1. The molecule has 0 aliphatic rings. The van der Waals surface area contributed by atoms with Crippen molar-refractivity contribution in [3.63, 3.8) is 0 Å². The fraction of sp³-hybridized carbons (Fsp3) is 0.207. The number of benzene rings is 2. The van der Waals surface area contributed by atoms with Gasteiger partial charge in [-0.05, 0) is 63.0 Å². The first-order valence-corrected chi connectivity index (χ1v) is 12.9. The largest absolute Gasteiger partial charge is 0.487 e. The summed E-state index contributed by atoms with van der Waals surface area (Å²) < 4.78 is 10.9. The topological polar surface area (TPSA) is 119 Å². The van der Waals surface area contributed by atoms with Gasteiger partial charge in [-0.2, -0.15) is 0 Å². The molecule has 2 N–H and O–H groups in total. The lowest BCUT2D eigenvalue weighted by Gasteiger charge is -2.12. The third kappa shape index (κ3) is 8.48. The summed E-state index contributed by atoms with van der Waals surface area (Å²) in [6.07, 6.45) is 7.85. The second-order valence-electron chi connectivity index (χ2n) is 9.02. The standard InChI is InChI=1S/C29H29ClN6O4/c1-36(2)13-4-14-39-28(38)11-10-27(37)34-21-6-8-25-23(15-21)29(33-19-32-25)35-22-7-9-26(24(30)16-22)40-18-20-5-3-12-31-17-20/h3,5-12,15-17,19H,4,13-14,18H2,1-2H3,(H,34,37)(H,32,33,35). The zero-order valence-corrected chi connectivity index (χ0v) is 22.9. The average molecular weight is 561 g/mol. The quantitative estimate of drug-likeness (QED) is 0.140. The van der Waals surface area contributed by atoms with Gasteiger partial charge >= 0.3 is 5.97 Å². The van der Waals surface area contributed by atoms with E-state index in [9.17, 15) is 9.59 Å². The van der Waals surface area contributed by atoms with E-state index >= 15 is 0 Å². The number of carbonyl (C=O) groups excluding carboxylic acids is 2. The highest BCUT2D eigenvalue weighted by atomic mass is 35.5. The number of anilines is 3. The van der Waals surface area contributed by atoms with Crippen molar-refractivity contribution < 1.29 is 19.1 Å². The van der Waals surface area contributed by atoms with E-state index < -0.39 is 11.9 Å². The maximum absolute atomic E-state index is 12.4. The van der Waals surface area contributed by atoms with Crippen LogP contribution in [0.25, 0.3) is 10.9 Å². The van der Waals surface area contributed by atoms with Gasteiger partial charge in [-0.1, -0.05) is 17.7 Å². The van der Waals surface area contributed by atoms with Crippen molar-refractivity contribution in [3.05, 3.63) is 90.0 Å². The molecule has 0 saturated heterocycles. The van der Waals surface area contributed by atoms with Crippen molar-refractivity contribution in [1.82, 2.24) is 19.9 Å². The Hall–Kier alpha value is -4.54. The molecule has 0 saturated carbocycles. The van der Waals surface area contributed by atoms with Gasteiger partial charge < -0.3 is 25.0 Å². The highest BCUT2D eigenvalue weighted by Crippen LogP contribution is 2.31. The molecule has 0 aliphatic carbocycles. The van der Waals surface area contributed by atoms with Crippen molar-refractivity contribution in [2.45, 2.75) is 13.0 Å². The van der Waals surface area contributed by atoms with Crippen LogP contribution in [0.15, 0.2) is 79.4 Å². The van der Waals surface area contributed by atoms with Crippen LogP contribution in [0.3, 0.4) is 0 Å². The Morgan fingerprint density at radius 1 is 1.05 bits per heavy atom. The van der Waals surface area contributed by atoms with E-state index in [1.165, 1.54) is 6.33 Å². The van der Waals surface area contributed by atoms with Crippen molar-refractivity contribution in [1.29, 1.82) is 0 Å². The fourth-order valence-corrected chi connectivity index (χ4v) is 3.88. The van der Waals surface area contributed by atoms with Gasteiger partial charge in [0.05, 0.1) is 17.1 Å². The third-order valence-corrected chi connectivity index (χ3v) is 5.87. The molecule has 0 fully saturated rings.